The van der Waals surface area contributed by atoms with Crippen LogP contribution in [0.25, 0.3) is 0 Å². The molecule has 0 spiro atoms. The van der Waals surface area contributed by atoms with E-state index in [0.29, 0.717) is 18.5 Å². The SMILES string of the molecule is C=CCN1CC(=O)N2[C@@H](Cc3ccc(O)cc3)C(=O)N(Cc3cccc(C(=O)NCc4ccccc4)c3)C[C@@H]2N1C(=O)CCc1ccccc1. The van der Waals surface area contributed by atoms with Crippen LogP contribution >= 0.6 is 0 Å². The van der Waals surface area contributed by atoms with Gasteiger partial charge in [0, 0.05) is 38.0 Å². The van der Waals surface area contributed by atoms with Gasteiger partial charge in [-0.3, -0.25) is 19.2 Å². The van der Waals surface area contributed by atoms with Crippen LogP contribution in [0.15, 0.2) is 122 Å². The average molecular weight is 672 g/mol. The summed E-state index contributed by atoms with van der Waals surface area (Å²) in [5, 5.41) is 16.2. The molecule has 2 fully saturated rings. The number of fused-ring (bicyclic) bond motifs is 1. The standard InChI is InChI=1S/C40H41N5O5/c1-2-22-43-28-38(48)44-35(24-30-16-19-34(46)20-17-30)40(50)42(27-36(44)45(43)37(47)21-18-29-10-5-3-6-11-29)26-32-14-9-15-33(23-32)39(49)41-25-31-12-7-4-8-13-31/h2-17,19-20,23,35-36,46H,1,18,21-22,24-28H2,(H,41,49)/t35-,36-/m0/s1. The molecule has 0 radical (unpaired) electrons. The molecule has 2 heterocycles. The van der Waals surface area contributed by atoms with Crippen LogP contribution in [0.1, 0.15) is 39.0 Å². The number of nitrogens with one attached hydrogen (secondary N) is 1. The first kappa shape index (κ1) is 34.1. The summed E-state index contributed by atoms with van der Waals surface area (Å²) in [6, 6.07) is 32.2. The number of benzene rings is 4. The van der Waals surface area contributed by atoms with Gasteiger partial charge in [0.05, 0.1) is 13.1 Å². The molecule has 50 heavy (non-hydrogen) atoms. The van der Waals surface area contributed by atoms with E-state index in [-0.39, 0.29) is 68.4 Å². The number of amides is 4. The Morgan fingerprint density at radius 3 is 2.22 bits per heavy atom. The lowest BCUT2D eigenvalue weighted by atomic mass is 9.97. The van der Waals surface area contributed by atoms with Crippen molar-refractivity contribution >= 4 is 23.6 Å². The maximum atomic E-state index is 14.3. The Labute approximate surface area is 292 Å². The van der Waals surface area contributed by atoms with E-state index in [2.05, 4.69) is 11.9 Å². The van der Waals surface area contributed by atoms with Gasteiger partial charge in [-0.15, -0.1) is 6.58 Å². The second kappa shape index (κ2) is 15.7. The quantitative estimate of drug-likeness (QED) is 0.217. The molecule has 2 aliphatic rings. The number of aryl methyl sites for hydroxylation is 1. The number of nitrogens with zero attached hydrogens (tertiary/aromatic N) is 4. The van der Waals surface area contributed by atoms with Crippen molar-refractivity contribution in [2.75, 3.05) is 19.6 Å². The zero-order chi connectivity index (χ0) is 35.0. The van der Waals surface area contributed by atoms with Crippen molar-refractivity contribution in [3.05, 3.63) is 150 Å². The fourth-order valence-electron chi connectivity index (χ4n) is 6.68. The highest BCUT2D eigenvalue weighted by Crippen LogP contribution is 2.30. The molecule has 0 aliphatic carbocycles. The van der Waals surface area contributed by atoms with E-state index in [1.165, 1.54) is 0 Å². The molecule has 6 rings (SSSR count). The Kier molecular flexibility index (Phi) is 10.7. The molecule has 4 amide bonds. The van der Waals surface area contributed by atoms with E-state index in [1.807, 2.05) is 66.7 Å². The number of hydrogen-bond donors (Lipinski definition) is 2. The minimum absolute atomic E-state index is 0.0703. The Hall–Kier alpha value is -5.74. The number of piperazine rings is 1. The third kappa shape index (κ3) is 7.93. The average Bonchev–Trinajstić information content (AvgIpc) is 3.13. The molecule has 2 aliphatic heterocycles. The minimum atomic E-state index is -0.890. The summed E-state index contributed by atoms with van der Waals surface area (Å²) in [6.07, 6.45) is 1.85. The normalized spacial score (nSPS) is 17.7. The van der Waals surface area contributed by atoms with Crippen LogP contribution in [-0.2, 0) is 40.3 Å². The van der Waals surface area contributed by atoms with Crippen LogP contribution in [0.3, 0.4) is 0 Å². The van der Waals surface area contributed by atoms with E-state index >= 15 is 0 Å². The van der Waals surface area contributed by atoms with Crippen molar-refractivity contribution in [2.24, 2.45) is 0 Å². The van der Waals surface area contributed by atoms with Gasteiger partial charge in [-0.1, -0.05) is 91.0 Å². The van der Waals surface area contributed by atoms with Crippen LogP contribution in [0.5, 0.6) is 5.75 Å². The first-order chi connectivity index (χ1) is 24.3. The van der Waals surface area contributed by atoms with Crippen molar-refractivity contribution in [3.63, 3.8) is 0 Å². The van der Waals surface area contributed by atoms with Gasteiger partial charge < -0.3 is 20.2 Å². The number of phenols is 1. The molecule has 0 aromatic heterocycles. The molecule has 2 saturated heterocycles. The maximum absolute atomic E-state index is 14.3. The Morgan fingerprint density at radius 2 is 1.52 bits per heavy atom. The summed E-state index contributed by atoms with van der Waals surface area (Å²) in [5.74, 6) is -0.799. The van der Waals surface area contributed by atoms with Crippen LogP contribution in [-0.4, -0.2) is 80.4 Å². The van der Waals surface area contributed by atoms with E-state index in [0.717, 1.165) is 22.3 Å². The summed E-state index contributed by atoms with van der Waals surface area (Å²) in [7, 11) is 0. The lowest BCUT2D eigenvalue weighted by molar-refractivity contribution is -0.205. The summed E-state index contributed by atoms with van der Waals surface area (Å²) in [6.45, 7) is 4.72. The fourth-order valence-corrected chi connectivity index (χ4v) is 6.68. The fraction of sp³-hybridized carbons (Fsp3) is 0.250. The monoisotopic (exact) mass is 671 g/mol. The Morgan fingerprint density at radius 1 is 0.840 bits per heavy atom. The largest absolute Gasteiger partial charge is 0.508 e. The van der Waals surface area contributed by atoms with Gasteiger partial charge in [0.15, 0.2) is 0 Å². The van der Waals surface area contributed by atoms with Crippen LogP contribution in [0.4, 0.5) is 0 Å². The highest BCUT2D eigenvalue weighted by molar-refractivity contribution is 5.94. The first-order valence-corrected chi connectivity index (χ1v) is 16.8. The summed E-state index contributed by atoms with van der Waals surface area (Å²) in [5.41, 5.74) is 3.99. The molecule has 0 saturated carbocycles. The number of hydrogen-bond acceptors (Lipinski definition) is 6. The summed E-state index contributed by atoms with van der Waals surface area (Å²) in [4.78, 5) is 58.6. The van der Waals surface area contributed by atoms with Gasteiger partial charge in [-0.05, 0) is 52.9 Å². The molecule has 10 nitrogen and oxygen atoms in total. The van der Waals surface area contributed by atoms with Crippen LogP contribution in [0, 0.1) is 0 Å². The van der Waals surface area contributed by atoms with Gasteiger partial charge in [-0.2, -0.15) is 0 Å². The van der Waals surface area contributed by atoms with Crippen molar-refractivity contribution in [2.45, 2.75) is 44.6 Å². The van der Waals surface area contributed by atoms with Crippen LogP contribution < -0.4 is 5.32 Å². The Balaban J connectivity index is 1.28. The third-order valence-corrected chi connectivity index (χ3v) is 9.12. The van der Waals surface area contributed by atoms with E-state index < -0.39 is 12.2 Å². The first-order valence-electron chi connectivity index (χ1n) is 16.8. The molecule has 256 valence electrons. The minimum Gasteiger partial charge on any atom is -0.508 e. The number of aromatic hydroxyl groups is 1. The van der Waals surface area contributed by atoms with Gasteiger partial charge in [0.25, 0.3) is 5.91 Å². The predicted molar refractivity (Wildman–Crippen MR) is 189 cm³/mol. The van der Waals surface area contributed by atoms with Crippen LogP contribution in [0.2, 0.25) is 0 Å². The topological polar surface area (TPSA) is 114 Å². The predicted octanol–water partition coefficient (Wildman–Crippen LogP) is 4.31. The molecule has 2 N–H and O–H groups in total. The van der Waals surface area contributed by atoms with Gasteiger partial charge in [-0.25, -0.2) is 10.0 Å². The zero-order valence-corrected chi connectivity index (χ0v) is 27.9. The Bertz CT molecular complexity index is 1830. The molecule has 4 aromatic rings. The number of hydrazine groups is 1. The highest BCUT2D eigenvalue weighted by Gasteiger charge is 2.51. The number of rotatable bonds is 12. The summed E-state index contributed by atoms with van der Waals surface area (Å²) >= 11 is 0. The molecule has 2 atom stereocenters. The van der Waals surface area contributed by atoms with E-state index in [9.17, 15) is 24.3 Å². The summed E-state index contributed by atoms with van der Waals surface area (Å²) < 4.78 is 0. The van der Waals surface area contributed by atoms with Crippen molar-refractivity contribution in [1.82, 2.24) is 25.1 Å². The number of carbonyl (C=O) groups excluding carboxylic acids is 4. The lowest BCUT2D eigenvalue weighted by Crippen LogP contribution is -2.75. The van der Waals surface area contributed by atoms with Gasteiger partial charge in [0.1, 0.15) is 18.0 Å². The highest BCUT2D eigenvalue weighted by atomic mass is 16.3. The molecule has 0 unspecified atom stereocenters. The molecular weight excluding hydrogens is 630 g/mol. The molecular formula is C40H41N5O5. The van der Waals surface area contributed by atoms with Gasteiger partial charge in [0.2, 0.25) is 17.7 Å². The molecule has 10 heteroatoms. The van der Waals surface area contributed by atoms with E-state index in [1.54, 1.807) is 68.4 Å². The maximum Gasteiger partial charge on any atom is 0.251 e. The number of phenolic OH excluding ortho intramolecular Hbond substituents is 1. The van der Waals surface area contributed by atoms with Crippen molar-refractivity contribution in [1.29, 1.82) is 0 Å². The van der Waals surface area contributed by atoms with Crippen molar-refractivity contribution < 1.29 is 24.3 Å². The molecule has 0 bridgehead atoms. The lowest BCUT2D eigenvalue weighted by Gasteiger charge is -2.55. The zero-order valence-electron chi connectivity index (χ0n) is 27.9. The second-order valence-electron chi connectivity index (χ2n) is 12.6. The smallest absolute Gasteiger partial charge is 0.251 e. The number of carbonyl (C=O) groups is 4. The van der Waals surface area contributed by atoms with Gasteiger partial charge >= 0.3 is 0 Å². The third-order valence-electron chi connectivity index (χ3n) is 9.12. The van der Waals surface area contributed by atoms with E-state index in [4.69, 9.17) is 0 Å². The van der Waals surface area contributed by atoms with Crippen molar-refractivity contribution in [3.8, 4) is 5.75 Å². The molecule has 4 aromatic carbocycles. The second-order valence-corrected chi connectivity index (χ2v) is 12.6.